The molecule has 0 bridgehead atoms. The molecule has 1 saturated heterocycles. The van der Waals surface area contributed by atoms with E-state index in [1.807, 2.05) is 12.1 Å². The highest BCUT2D eigenvalue weighted by atomic mass is 19.4. The van der Waals surface area contributed by atoms with Gasteiger partial charge in [0.25, 0.3) is 5.91 Å². The Labute approximate surface area is 195 Å². The lowest BCUT2D eigenvalue weighted by Crippen LogP contribution is -2.40. The fourth-order valence-corrected chi connectivity index (χ4v) is 3.95. The van der Waals surface area contributed by atoms with E-state index < -0.39 is 11.7 Å². The van der Waals surface area contributed by atoms with Crippen LogP contribution in [0.3, 0.4) is 0 Å². The summed E-state index contributed by atoms with van der Waals surface area (Å²) in [6.45, 7) is 7.41. The second kappa shape index (κ2) is 9.94. The molecule has 4 rings (SSSR count). The van der Waals surface area contributed by atoms with Crippen LogP contribution in [0.5, 0.6) is 0 Å². The van der Waals surface area contributed by atoms with Crippen molar-refractivity contribution in [3.63, 3.8) is 0 Å². The molecule has 3 aromatic rings. The van der Waals surface area contributed by atoms with E-state index in [-0.39, 0.29) is 17.8 Å². The van der Waals surface area contributed by atoms with Gasteiger partial charge < -0.3 is 10.1 Å². The fraction of sp³-hybridized carbons (Fsp3) is 0.375. The number of pyridine rings is 1. The zero-order valence-electron chi connectivity index (χ0n) is 19.0. The summed E-state index contributed by atoms with van der Waals surface area (Å²) in [5.74, 6) is -0.113. The number of amides is 1. The van der Waals surface area contributed by atoms with E-state index in [2.05, 4.69) is 39.4 Å². The van der Waals surface area contributed by atoms with Gasteiger partial charge >= 0.3 is 6.18 Å². The van der Waals surface area contributed by atoms with E-state index in [1.54, 1.807) is 6.92 Å². The van der Waals surface area contributed by atoms with Gasteiger partial charge in [-0.25, -0.2) is 9.67 Å². The normalized spacial score (nSPS) is 17.0. The van der Waals surface area contributed by atoms with Crippen LogP contribution in [-0.4, -0.2) is 51.4 Å². The number of morpholine rings is 1. The number of aromatic nitrogens is 3. The third-order valence-electron chi connectivity index (χ3n) is 5.72. The molecule has 1 unspecified atom stereocenters. The molecule has 1 fully saturated rings. The van der Waals surface area contributed by atoms with E-state index in [1.165, 1.54) is 22.5 Å². The number of carbonyl (C=O) groups excluding carboxylic acids is 1. The molecule has 3 heterocycles. The van der Waals surface area contributed by atoms with Crippen molar-refractivity contribution >= 4 is 5.91 Å². The summed E-state index contributed by atoms with van der Waals surface area (Å²) in [5, 5.41) is 7.03. The molecule has 1 N–H and O–H groups in total. The van der Waals surface area contributed by atoms with Gasteiger partial charge in [-0.3, -0.25) is 9.69 Å². The van der Waals surface area contributed by atoms with Gasteiger partial charge in [0.1, 0.15) is 0 Å². The lowest BCUT2D eigenvalue weighted by Gasteiger charge is -2.31. The SMILES string of the molecule is Cc1c(C(=O)NCc2cccc(CN3CCOC(C)C3)c2)cnn1-c1ccc(C(F)(F)F)cn1. The highest BCUT2D eigenvalue weighted by molar-refractivity contribution is 5.95. The Morgan fingerprint density at radius 3 is 2.71 bits per heavy atom. The molecular formula is C24H26F3N5O2. The zero-order valence-corrected chi connectivity index (χ0v) is 19.0. The van der Waals surface area contributed by atoms with Gasteiger partial charge in [0.15, 0.2) is 5.82 Å². The van der Waals surface area contributed by atoms with Crippen LogP contribution >= 0.6 is 0 Å². The summed E-state index contributed by atoms with van der Waals surface area (Å²) >= 11 is 0. The van der Waals surface area contributed by atoms with E-state index in [0.717, 1.165) is 44.1 Å². The van der Waals surface area contributed by atoms with Gasteiger partial charge in [0.2, 0.25) is 0 Å². The fourth-order valence-electron chi connectivity index (χ4n) is 3.95. The first-order valence-corrected chi connectivity index (χ1v) is 11.0. The van der Waals surface area contributed by atoms with Gasteiger partial charge in [-0.05, 0) is 37.1 Å². The molecule has 7 nitrogen and oxygen atoms in total. The van der Waals surface area contributed by atoms with Crippen molar-refractivity contribution in [3.8, 4) is 5.82 Å². The van der Waals surface area contributed by atoms with Crippen LogP contribution in [0.1, 0.15) is 39.7 Å². The standard InChI is InChI=1S/C24H26F3N5O2/c1-16-14-31(8-9-34-16)15-19-5-3-4-18(10-19)11-29-23(33)21-13-30-32(17(21)2)22-7-6-20(12-28-22)24(25,26)27/h3-7,10,12-13,16H,8-9,11,14-15H2,1-2H3,(H,29,33). The molecule has 1 aliphatic heterocycles. The monoisotopic (exact) mass is 473 g/mol. The van der Waals surface area contributed by atoms with Crippen LogP contribution < -0.4 is 5.32 Å². The molecule has 0 aliphatic carbocycles. The number of benzene rings is 1. The molecule has 180 valence electrons. The molecule has 2 aromatic heterocycles. The zero-order chi connectivity index (χ0) is 24.3. The van der Waals surface area contributed by atoms with Crippen LogP contribution in [-0.2, 0) is 24.0 Å². The van der Waals surface area contributed by atoms with Crippen LogP contribution in [0.2, 0.25) is 0 Å². The Morgan fingerprint density at radius 2 is 2.00 bits per heavy atom. The summed E-state index contributed by atoms with van der Waals surface area (Å²) in [6.07, 6.45) is -2.10. The Bertz CT molecular complexity index is 1140. The maximum Gasteiger partial charge on any atom is 0.417 e. The summed E-state index contributed by atoms with van der Waals surface area (Å²) in [6, 6.07) is 10.2. The van der Waals surface area contributed by atoms with Crippen molar-refractivity contribution in [1.29, 1.82) is 0 Å². The van der Waals surface area contributed by atoms with Crippen molar-refractivity contribution < 1.29 is 22.7 Å². The summed E-state index contributed by atoms with van der Waals surface area (Å²) in [7, 11) is 0. The number of ether oxygens (including phenoxy) is 1. The largest absolute Gasteiger partial charge is 0.417 e. The molecule has 34 heavy (non-hydrogen) atoms. The molecule has 0 spiro atoms. The highest BCUT2D eigenvalue weighted by Gasteiger charge is 2.31. The van der Waals surface area contributed by atoms with E-state index >= 15 is 0 Å². The quantitative estimate of drug-likeness (QED) is 0.591. The van der Waals surface area contributed by atoms with Crippen LogP contribution in [0.4, 0.5) is 13.2 Å². The molecule has 10 heteroatoms. The number of rotatable bonds is 6. The average molecular weight is 473 g/mol. The summed E-state index contributed by atoms with van der Waals surface area (Å²) in [5.41, 5.74) is 2.12. The second-order valence-corrected chi connectivity index (χ2v) is 8.38. The predicted molar refractivity (Wildman–Crippen MR) is 119 cm³/mol. The Morgan fingerprint density at radius 1 is 1.21 bits per heavy atom. The lowest BCUT2D eigenvalue weighted by molar-refractivity contribution is -0.137. The van der Waals surface area contributed by atoms with Crippen LogP contribution in [0.15, 0.2) is 48.8 Å². The topological polar surface area (TPSA) is 72.3 Å². The maximum atomic E-state index is 12.8. The molecule has 1 atom stereocenters. The van der Waals surface area contributed by atoms with Gasteiger partial charge in [-0.1, -0.05) is 24.3 Å². The number of hydrogen-bond acceptors (Lipinski definition) is 5. The van der Waals surface area contributed by atoms with Gasteiger partial charge in [-0.2, -0.15) is 18.3 Å². The van der Waals surface area contributed by atoms with Crippen molar-refractivity contribution in [1.82, 2.24) is 25.0 Å². The number of alkyl halides is 3. The summed E-state index contributed by atoms with van der Waals surface area (Å²) < 4.78 is 45.2. The Kier molecular flexibility index (Phi) is 6.99. The maximum absolute atomic E-state index is 12.8. The van der Waals surface area contributed by atoms with Crippen molar-refractivity contribution in [3.05, 3.63) is 76.7 Å². The number of nitrogens with one attached hydrogen (secondary N) is 1. The minimum Gasteiger partial charge on any atom is -0.376 e. The molecule has 0 saturated carbocycles. The van der Waals surface area contributed by atoms with Crippen molar-refractivity contribution in [2.24, 2.45) is 0 Å². The minimum absolute atomic E-state index is 0.203. The molecule has 1 aliphatic rings. The predicted octanol–water partition coefficient (Wildman–Crippen LogP) is 3.75. The Hall–Kier alpha value is -3.24. The van der Waals surface area contributed by atoms with Gasteiger partial charge in [0, 0.05) is 32.4 Å². The van der Waals surface area contributed by atoms with Crippen LogP contribution in [0.25, 0.3) is 5.82 Å². The number of halogens is 3. The average Bonchev–Trinajstić information content (AvgIpc) is 3.18. The van der Waals surface area contributed by atoms with Crippen molar-refractivity contribution in [2.75, 3.05) is 19.7 Å². The number of hydrogen-bond donors (Lipinski definition) is 1. The third-order valence-corrected chi connectivity index (χ3v) is 5.72. The second-order valence-electron chi connectivity index (χ2n) is 8.38. The molecular weight excluding hydrogens is 447 g/mol. The summed E-state index contributed by atoms with van der Waals surface area (Å²) in [4.78, 5) is 18.9. The number of carbonyl (C=O) groups is 1. The first-order chi connectivity index (χ1) is 16.2. The molecule has 1 amide bonds. The Balaban J connectivity index is 1.39. The number of nitrogens with zero attached hydrogens (tertiary/aromatic N) is 4. The van der Waals surface area contributed by atoms with E-state index in [9.17, 15) is 18.0 Å². The third kappa shape index (κ3) is 5.63. The van der Waals surface area contributed by atoms with Gasteiger partial charge in [0.05, 0.1) is 35.7 Å². The van der Waals surface area contributed by atoms with Crippen LogP contribution in [0, 0.1) is 6.92 Å². The smallest absolute Gasteiger partial charge is 0.376 e. The van der Waals surface area contributed by atoms with E-state index in [0.29, 0.717) is 17.8 Å². The highest BCUT2D eigenvalue weighted by Crippen LogP contribution is 2.28. The first kappa shape index (κ1) is 23.9. The molecule has 1 aromatic carbocycles. The van der Waals surface area contributed by atoms with E-state index in [4.69, 9.17) is 4.74 Å². The minimum atomic E-state index is -4.46. The lowest BCUT2D eigenvalue weighted by atomic mass is 10.1. The van der Waals surface area contributed by atoms with Crippen molar-refractivity contribution in [2.45, 2.75) is 39.2 Å². The first-order valence-electron chi connectivity index (χ1n) is 11.0. The molecule has 0 radical (unpaired) electrons. The van der Waals surface area contributed by atoms with Gasteiger partial charge in [-0.15, -0.1) is 0 Å².